The van der Waals surface area contributed by atoms with E-state index in [-0.39, 0.29) is 5.25 Å². The van der Waals surface area contributed by atoms with Crippen molar-refractivity contribution in [3.05, 3.63) is 35.6 Å². The summed E-state index contributed by atoms with van der Waals surface area (Å²) in [5.74, 6) is 0.980. The van der Waals surface area contributed by atoms with Crippen LogP contribution >= 0.6 is 11.8 Å². The molecule has 0 aliphatic rings. The average Bonchev–Trinajstić information content (AvgIpc) is 3.13. The second-order valence-corrected chi connectivity index (χ2v) is 6.10. The van der Waals surface area contributed by atoms with Gasteiger partial charge in [-0.25, -0.2) is 0 Å². The third-order valence-corrected chi connectivity index (χ3v) is 4.17. The van der Waals surface area contributed by atoms with Crippen LogP contribution in [0.15, 0.2) is 28.0 Å². The molecule has 0 bridgehead atoms. The number of nitrogens with zero attached hydrogens (tertiary/aromatic N) is 5. The van der Waals surface area contributed by atoms with Crippen molar-refractivity contribution in [3.8, 4) is 0 Å². The molecule has 3 rings (SSSR count). The summed E-state index contributed by atoms with van der Waals surface area (Å²) in [6.45, 7) is 3.71. The molecule has 3 aromatic rings. The Bertz CT molecular complexity index is 828. The van der Waals surface area contributed by atoms with Crippen molar-refractivity contribution >= 4 is 17.4 Å². The molecule has 0 saturated carbocycles. The van der Waals surface area contributed by atoms with E-state index >= 15 is 0 Å². The van der Waals surface area contributed by atoms with Gasteiger partial charge in [-0.3, -0.25) is 4.40 Å². The first-order chi connectivity index (χ1) is 10.9. The molecule has 0 saturated heterocycles. The molecule has 3 heterocycles. The Balaban J connectivity index is 1.90. The first-order valence-electron chi connectivity index (χ1n) is 6.79. The summed E-state index contributed by atoms with van der Waals surface area (Å²) in [5.41, 5.74) is -0.419. The zero-order valence-corrected chi connectivity index (χ0v) is 13.0. The van der Waals surface area contributed by atoms with E-state index in [0.717, 1.165) is 12.3 Å². The third-order valence-electron chi connectivity index (χ3n) is 3.13. The van der Waals surface area contributed by atoms with Crippen molar-refractivity contribution in [2.45, 2.75) is 36.9 Å². The highest BCUT2D eigenvalue weighted by Crippen LogP contribution is 2.34. The van der Waals surface area contributed by atoms with Crippen molar-refractivity contribution in [3.63, 3.8) is 0 Å². The number of alkyl halides is 3. The van der Waals surface area contributed by atoms with Crippen LogP contribution in [0.4, 0.5) is 13.2 Å². The molecule has 23 heavy (non-hydrogen) atoms. The Labute approximate surface area is 133 Å². The number of halogens is 3. The normalized spacial score (nSPS) is 13.6. The summed E-state index contributed by atoms with van der Waals surface area (Å²) in [6.07, 6.45) is -2.80. The van der Waals surface area contributed by atoms with Gasteiger partial charge >= 0.3 is 6.18 Å². The highest BCUT2D eigenvalue weighted by Gasteiger charge is 2.31. The zero-order valence-electron chi connectivity index (χ0n) is 12.2. The van der Waals surface area contributed by atoms with Crippen LogP contribution in [0.3, 0.4) is 0 Å². The number of aromatic nitrogens is 5. The second kappa shape index (κ2) is 5.84. The van der Waals surface area contributed by atoms with E-state index in [2.05, 4.69) is 20.3 Å². The van der Waals surface area contributed by atoms with Crippen molar-refractivity contribution in [1.82, 2.24) is 24.7 Å². The minimum atomic E-state index is -4.42. The van der Waals surface area contributed by atoms with Gasteiger partial charge in [-0.05, 0) is 19.1 Å². The molecular weight excluding hydrogens is 331 g/mol. The van der Waals surface area contributed by atoms with Crippen LogP contribution in [0.25, 0.3) is 5.65 Å². The van der Waals surface area contributed by atoms with E-state index in [9.17, 15) is 13.2 Å². The maximum atomic E-state index is 12.8. The standard InChI is InChI=1S/C13H12F3N5OS/c1-3-9-17-11(22-20-9)7(2)23-12-19-18-10-5-4-8(6-21(10)12)13(14,15)16/h4-7H,3H2,1-2H3/t7-/m1/s1. The lowest BCUT2D eigenvalue weighted by Gasteiger charge is -2.08. The van der Waals surface area contributed by atoms with Crippen LogP contribution in [-0.2, 0) is 12.6 Å². The van der Waals surface area contributed by atoms with Crippen LogP contribution in [0.5, 0.6) is 0 Å². The van der Waals surface area contributed by atoms with Crippen molar-refractivity contribution in [1.29, 1.82) is 0 Å². The van der Waals surface area contributed by atoms with Crippen LogP contribution in [0.2, 0.25) is 0 Å². The van der Waals surface area contributed by atoms with E-state index in [4.69, 9.17) is 4.52 Å². The van der Waals surface area contributed by atoms with Gasteiger partial charge in [0.1, 0.15) is 0 Å². The fourth-order valence-electron chi connectivity index (χ4n) is 1.90. The van der Waals surface area contributed by atoms with E-state index in [0.29, 0.717) is 28.9 Å². The second-order valence-electron chi connectivity index (χ2n) is 4.79. The largest absolute Gasteiger partial charge is 0.417 e. The molecule has 6 nitrogen and oxygen atoms in total. The summed E-state index contributed by atoms with van der Waals surface area (Å²) >= 11 is 1.20. The average molecular weight is 343 g/mol. The molecule has 3 aromatic heterocycles. The summed E-state index contributed by atoms with van der Waals surface area (Å²) in [7, 11) is 0. The highest BCUT2D eigenvalue weighted by molar-refractivity contribution is 7.99. The number of pyridine rings is 1. The molecule has 0 aliphatic heterocycles. The van der Waals surface area contributed by atoms with Crippen molar-refractivity contribution in [2.75, 3.05) is 0 Å². The number of thioether (sulfide) groups is 1. The third kappa shape index (κ3) is 3.16. The molecule has 0 spiro atoms. The Morgan fingerprint density at radius 1 is 1.30 bits per heavy atom. The topological polar surface area (TPSA) is 69.1 Å². The predicted octanol–water partition coefficient (Wildman–Crippen LogP) is 3.55. The Kier molecular flexibility index (Phi) is 4.00. The monoisotopic (exact) mass is 343 g/mol. The Morgan fingerprint density at radius 2 is 2.09 bits per heavy atom. The molecule has 0 N–H and O–H groups in total. The predicted molar refractivity (Wildman–Crippen MR) is 75.9 cm³/mol. The summed E-state index contributed by atoms with van der Waals surface area (Å²) in [5, 5.41) is 11.7. The van der Waals surface area contributed by atoms with Crippen LogP contribution in [0, 0.1) is 0 Å². The molecule has 0 radical (unpaired) electrons. The van der Waals surface area contributed by atoms with Crippen LogP contribution in [0.1, 0.15) is 36.4 Å². The Hall–Kier alpha value is -2.10. The van der Waals surface area contributed by atoms with Crippen molar-refractivity contribution < 1.29 is 17.7 Å². The van der Waals surface area contributed by atoms with Crippen LogP contribution in [-0.4, -0.2) is 24.7 Å². The molecule has 0 aliphatic carbocycles. The first kappa shape index (κ1) is 15.8. The number of hydrogen-bond donors (Lipinski definition) is 0. The van der Waals surface area contributed by atoms with Gasteiger partial charge < -0.3 is 4.52 Å². The minimum Gasteiger partial charge on any atom is -0.338 e. The highest BCUT2D eigenvalue weighted by atomic mass is 32.2. The van der Waals surface area contributed by atoms with Gasteiger partial charge in [-0.2, -0.15) is 18.2 Å². The molecule has 0 amide bonds. The lowest BCUT2D eigenvalue weighted by molar-refractivity contribution is -0.137. The maximum absolute atomic E-state index is 12.8. The summed E-state index contributed by atoms with van der Waals surface area (Å²) < 4.78 is 44.9. The fraction of sp³-hybridized carbons (Fsp3) is 0.385. The zero-order chi connectivity index (χ0) is 16.6. The SMILES string of the molecule is CCc1noc([C@@H](C)Sc2nnc3ccc(C(F)(F)F)cn23)n1. The van der Waals surface area contributed by atoms with Crippen molar-refractivity contribution in [2.24, 2.45) is 0 Å². The maximum Gasteiger partial charge on any atom is 0.417 e. The van der Waals surface area contributed by atoms with E-state index in [1.807, 2.05) is 13.8 Å². The quantitative estimate of drug-likeness (QED) is 0.675. The molecule has 122 valence electrons. The van der Waals surface area contributed by atoms with Gasteiger partial charge in [0.15, 0.2) is 16.6 Å². The molecule has 10 heteroatoms. The lowest BCUT2D eigenvalue weighted by Crippen LogP contribution is -2.06. The number of rotatable bonds is 4. The van der Waals surface area contributed by atoms with Gasteiger partial charge in [0.25, 0.3) is 0 Å². The molecular formula is C13H12F3N5OS. The summed E-state index contributed by atoms with van der Waals surface area (Å²) in [6, 6.07) is 2.26. The number of hydrogen-bond acceptors (Lipinski definition) is 6. The Morgan fingerprint density at radius 3 is 2.74 bits per heavy atom. The molecule has 0 unspecified atom stereocenters. The van der Waals surface area contributed by atoms with E-state index in [1.54, 1.807) is 0 Å². The van der Waals surface area contributed by atoms with Gasteiger partial charge in [0.2, 0.25) is 5.89 Å². The number of aryl methyl sites for hydroxylation is 1. The van der Waals surface area contributed by atoms with Gasteiger partial charge in [0, 0.05) is 12.6 Å². The number of fused-ring (bicyclic) bond motifs is 1. The summed E-state index contributed by atoms with van der Waals surface area (Å²) in [4.78, 5) is 4.21. The molecule has 0 aromatic carbocycles. The molecule has 1 atom stereocenters. The van der Waals surface area contributed by atoms with Gasteiger partial charge in [-0.1, -0.05) is 23.8 Å². The smallest absolute Gasteiger partial charge is 0.338 e. The minimum absolute atomic E-state index is 0.259. The van der Waals surface area contributed by atoms with Gasteiger partial charge in [-0.15, -0.1) is 10.2 Å². The first-order valence-corrected chi connectivity index (χ1v) is 7.67. The molecule has 0 fully saturated rings. The van der Waals surface area contributed by atoms with Crippen LogP contribution < -0.4 is 0 Å². The van der Waals surface area contributed by atoms with E-state index in [1.165, 1.54) is 22.2 Å². The fourth-order valence-corrected chi connectivity index (χ4v) is 2.76. The van der Waals surface area contributed by atoms with E-state index < -0.39 is 11.7 Å². The van der Waals surface area contributed by atoms with Gasteiger partial charge in [0.05, 0.1) is 10.8 Å². The lowest BCUT2D eigenvalue weighted by atomic mass is 10.3.